The van der Waals surface area contributed by atoms with Crippen molar-refractivity contribution in [2.75, 3.05) is 19.8 Å². The molecule has 1 aromatic rings. The van der Waals surface area contributed by atoms with Gasteiger partial charge in [-0.3, -0.25) is 0 Å². The molecule has 20 heavy (non-hydrogen) atoms. The van der Waals surface area contributed by atoms with Crippen molar-refractivity contribution >= 4 is 6.09 Å². The van der Waals surface area contributed by atoms with Crippen LogP contribution in [-0.4, -0.2) is 38.4 Å². The Labute approximate surface area is 118 Å². The van der Waals surface area contributed by atoms with Crippen molar-refractivity contribution in [2.24, 2.45) is 0 Å². The topological polar surface area (TPSA) is 66.0 Å². The van der Waals surface area contributed by atoms with Gasteiger partial charge in [0.25, 0.3) is 6.48 Å². The van der Waals surface area contributed by atoms with E-state index in [-0.39, 0.29) is 12.7 Å². The van der Waals surface area contributed by atoms with E-state index in [1.165, 1.54) is 0 Å². The number of ether oxygens (including phenoxy) is 4. The number of benzene rings is 1. The molecular formula is C14H19NO5. The Balaban J connectivity index is 1.61. The molecule has 0 bridgehead atoms. The smallest absolute Gasteiger partial charge is 0.407 e. The molecule has 0 saturated carbocycles. The number of hydrogen-bond acceptors (Lipinski definition) is 5. The first-order valence-electron chi connectivity index (χ1n) is 6.61. The standard InChI is InChI=1S/C14H19NO5/c1-2-17-14-19-10-12(20-14)8-15-13(16)18-9-11-6-4-3-5-7-11/h3-7,12,14H,2,8-10H2,1H3,(H,15,16)/t12?,14-/m0/s1. The number of alkyl carbamates (subject to hydrolysis) is 1. The normalized spacial score (nSPS) is 21.6. The average molecular weight is 281 g/mol. The van der Waals surface area contributed by atoms with Crippen LogP contribution in [0.4, 0.5) is 4.79 Å². The minimum Gasteiger partial charge on any atom is -0.445 e. The fourth-order valence-electron chi connectivity index (χ4n) is 1.72. The van der Waals surface area contributed by atoms with E-state index in [1.807, 2.05) is 37.3 Å². The Hall–Kier alpha value is -1.63. The van der Waals surface area contributed by atoms with E-state index < -0.39 is 12.6 Å². The molecule has 2 atom stereocenters. The molecule has 1 unspecified atom stereocenters. The molecule has 0 aliphatic carbocycles. The molecule has 1 fully saturated rings. The number of carbonyl (C=O) groups is 1. The average Bonchev–Trinajstić information content (AvgIpc) is 2.92. The molecular weight excluding hydrogens is 262 g/mol. The molecule has 2 rings (SSSR count). The first-order chi connectivity index (χ1) is 9.78. The maximum Gasteiger partial charge on any atom is 0.407 e. The SMILES string of the molecule is CCO[C@H]1OCC(CNC(=O)OCc2ccccc2)O1. The van der Waals surface area contributed by atoms with Crippen LogP contribution in [0.1, 0.15) is 12.5 Å². The lowest BCUT2D eigenvalue weighted by Gasteiger charge is -2.12. The fourth-order valence-corrected chi connectivity index (χ4v) is 1.72. The summed E-state index contributed by atoms with van der Waals surface area (Å²) in [6, 6.07) is 9.50. The van der Waals surface area contributed by atoms with Crippen molar-refractivity contribution in [2.45, 2.75) is 26.1 Å². The van der Waals surface area contributed by atoms with E-state index in [0.717, 1.165) is 5.56 Å². The monoisotopic (exact) mass is 281 g/mol. The van der Waals surface area contributed by atoms with Crippen molar-refractivity contribution in [3.8, 4) is 0 Å². The number of nitrogens with one attached hydrogen (secondary N) is 1. The zero-order valence-electron chi connectivity index (χ0n) is 11.4. The number of hydrogen-bond donors (Lipinski definition) is 1. The van der Waals surface area contributed by atoms with E-state index in [0.29, 0.717) is 19.8 Å². The summed E-state index contributed by atoms with van der Waals surface area (Å²) in [5, 5.41) is 2.64. The van der Waals surface area contributed by atoms with Crippen LogP contribution in [0.15, 0.2) is 30.3 Å². The molecule has 6 heteroatoms. The van der Waals surface area contributed by atoms with Gasteiger partial charge in [0.05, 0.1) is 6.61 Å². The van der Waals surface area contributed by atoms with Crippen LogP contribution in [0.2, 0.25) is 0 Å². The molecule has 0 spiro atoms. The second kappa shape index (κ2) is 7.84. The fraction of sp³-hybridized carbons (Fsp3) is 0.500. The van der Waals surface area contributed by atoms with Crippen LogP contribution in [0.25, 0.3) is 0 Å². The highest BCUT2D eigenvalue weighted by Gasteiger charge is 2.26. The molecule has 1 heterocycles. The summed E-state index contributed by atoms with van der Waals surface area (Å²) in [5.74, 6) is 0. The third-order valence-electron chi connectivity index (χ3n) is 2.71. The molecule has 1 aliphatic rings. The van der Waals surface area contributed by atoms with Crippen LogP contribution >= 0.6 is 0 Å². The van der Waals surface area contributed by atoms with Gasteiger partial charge in [-0.25, -0.2) is 4.79 Å². The predicted octanol–water partition coefficient (Wildman–Crippen LogP) is 1.65. The Morgan fingerprint density at radius 2 is 2.20 bits per heavy atom. The van der Waals surface area contributed by atoms with E-state index in [9.17, 15) is 4.79 Å². The minimum atomic E-state index is -0.632. The van der Waals surface area contributed by atoms with Crippen molar-refractivity contribution in [3.05, 3.63) is 35.9 Å². The molecule has 0 aromatic heterocycles. The lowest BCUT2D eigenvalue weighted by atomic mass is 10.2. The summed E-state index contributed by atoms with van der Waals surface area (Å²) >= 11 is 0. The zero-order valence-corrected chi connectivity index (χ0v) is 11.4. The third-order valence-corrected chi connectivity index (χ3v) is 2.71. The van der Waals surface area contributed by atoms with Crippen LogP contribution in [0, 0.1) is 0 Å². The van der Waals surface area contributed by atoms with E-state index in [4.69, 9.17) is 18.9 Å². The van der Waals surface area contributed by atoms with Gasteiger partial charge in [0.1, 0.15) is 12.7 Å². The van der Waals surface area contributed by atoms with Gasteiger partial charge in [-0.15, -0.1) is 0 Å². The van der Waals surface area contributed by atoms with E-state index in [2.05, 4.69) is 5.32 Å². The van der Waals surface area contributed by atoms with Gasteiger partial charge in [-0.1, -0.05) is 30.3 Å². The summed E-state index contributed by atoms with van der Waals surface area (Å²) < 4.78 is 20.9. The molecule has 1 N–H and O–H groups in total. The zero-order chi connectivity index (χ0) is 14.2. The lowest BCUT2D eigenvalue weighted by molar-refractivity contribution is -0.234. The first kappa shape index (κ1) is 14.8. The van der Waals surface area contributed by atoms with Gasteiger partial charge < -0.3 is 24.3 Å². The maximum absolute atomic E-state index is 11.5. The van der Waals surface area contributed by atoms with Crippen LogP contribution in [-0.2, 0) is 25.6 Å². The number of carbonyl (C=O) groups excluding carboxylic acids is 1. The van der Waals surface area contributed by atoms with E-state index in [1.54, 1.807) is 0 Å². The van der Waals surface area contributed by atoms with Crippen molar-refractivity contribution in [1.82, 2.24) is 5.32 Å². The highest BCUT2D eigenvalue weighted by atomic mass is 16.9. The van der Waals surface area contributed by atoms with Gasteiger partial charge in [0.2, 0.25) is 0 Å². The largest absolute Gasteiger partial charge is 0.445 e. The highest BCUT2D eigenvalue weighted by Crippen LogP contribution is 2.11. The number of amides is 1. The Morgan fingerprint density at radius 1 is 1.40 bits per heavy atom. The molecule has 1 amide bonds. The maximum atomic E-state index is 11.5. The minimum absolute atomic E-state index is 0.212. The summed E-state index contributed by atoms with van der Waals surface area (Å²) in [6.07, 6.45) is -0.687. The van der Waals surface area contributed by atoms with Gasteiger partial charge >= 0.3 is 6.09 Å². The Bertz CT molecular complexity index is 411. The van der Waals surface area contributed by atoms with Crippen LogP contribution < -0.4 is 5.32 Å². The second-order valence-corrected chi connectivity index (χ2v) is 4.28. The number of rotatable bonds is 6. The Morgan fingerprint density at radius 3 is 2.95 bits per heavy atom. The predicted molar refractivity (Wildman–Crippen MR) is 70.9 cm³/mol. The Kier molecular flexibility index (Phi) is 5.79. The van der Waals surface area contributed by atoms with Gasteiger partial charge in [0.15, 0.2) is 0 Å². The molecule has 1 aromatic carbocycles. The van der Waals surface area contributed by atoms with Crippen molar-refractivity contribution < 1.29 is 23.7 Å². The van der Waals surface area contributed by atoms with Crippen molar-refractivity contribution in [3.63, 3.8) is 0 Å². The molecule has 1 aliphatic heterocycles. The summed E-state index contributed by atoms with van der Waals surface area (Å²) in [7, 11) is 0. The highest BCUT2D eigenvalue weighted by molar-refractivity contribution is 5.67. The second-order valence-electron chi connectivity index (χ2n) is 4.28. The van der Waals surface area contributed by atoms with Crippen molar-refractivity contribution in [1.29, 1.82) is 0 Å². The molecule has 110 valence electrons. The van der Waals surface area contributed by atoms with Gasteiger partial charge in [-0.2, -0.15) is 0 Å². The first-order valence-corrected chi connectivity index (χ1v) is 6.61. The molecule has 0 radical (unpaired) electrons. The summed E-state index contributed by atoms with van der Waals surface area (Å²) in [4.78, 5) is 11.5. The molecule has 6 nitrogen and oxygen atoms in total. The third kappa shape index (κ3) is 4.80. The van der Waals surface area contributed by atoms with Crippen LogP contribution in [0.3, 0.4) is 0 Å². The van der Waals surface area contributed by atoms with Crippen LogP contribution in [0.5, 0.6) is 0 Å². The summed E-state index contributed by atoms with van der Waals surface area (Å²) in [6.45, 7) is 2.72. The lowest BCUT2D eigenvalue weighted by Crippen LogP contribution is -2.34. The van der Waals surface area contributed by atoms with Gasteiger partial charge in [-0.05, 0) is 12.5 Å². The van der Waals surface area contributed by atoms with Gasteiger partial charge in [0, 0.05) is 13.2 Å². The molecule has 1 saturated heterocycles. The quantitative estimate of drug-likeness (QED) is 0.858. The summed E-state index contributed by atoms with van der Waals surface area (Å²) in [5.41, 5.74) is 0.944. The van der Waals surface area contributed by atoms with E-state index >= 15 is 0 Å².